The molecule has 0 saturated carbocycles. The van der Waals surface area contributed by atoms with Gasteiger partial charge in [0.15, 0.2) is 5.82 Å². The number of hydrogen-bond donors (Lipinski definition) is 2. The van der Waals surface area contributed by atoms with Crippen LogP contribution in [0.25, 0.3) is 43.2 Å². The van der Waals surface area contributed by atoms with Gasteiger partial charge in [0.25, 0.3) is 0 Å². The molecule has 4 bridgehead atoms. The van der Waals surface area contributed by atoms with Crippen LogP contribution in [0.1, 0.15) is 34.4 Å². The van der Waals surface area contributed by atoms with Crippen LogP contribution < -0.4 is 14.2 Å². The summed E-state index contributed by atoms with van der Waals surface area (Å²) in [6.07, 6.45) is 2.09. The van der Waals surface area contributed by atoms with Crippen LogP contribution in [-0.4, -0.2) is 67.4 Å². The summed E-state index contributed by atoms with van der Waals surface area (Å²) < 4.78 is 32.5. The van der Waals surface area contributed by atoms with E-state index in [0.717, 1.165) is 38.3 Å². The third-order valence-corrected chi connectivity index (χ3v) is 11.9. The number of carbonyl (C=O) groups is 1. The molecule has 11 nitrogen and oxygen atoms in total. The highest BCUT2D eigenvalue weighted by Crippen LogP contribution is 2.49. The normalized spacial score (nSPS) is 14.3. The first-order valence-electron chi connectivity index (χ1n) is 18.9. The summed E-state index contributed by atoms with van der Waals surface area (Å²) >= 11 is 8.59. The van der Waals surface area contributed by atoms with Gasteiger partial charge in [-0.2, -0.15) is 0 Å². The minimum absolute atomic E-state index is 0.0153. The van der Waals surface area contributed by atoms with Crippen LogP contribution in [-0.2, 0) is 30.9 Å². The van der Waals surface area contributed by atoms with E-state index in [9.17, 15) is 19.4 Å². The molecule has 7 aromatic rings. The molecule has 0 fully saturated rings. The Morgan fingerprint density at radius 1 is 0.983 bits per heavy atom. The number of carboxylic acid groups (broad SMARTS) is 1. The second-order valence-electron chi connectivity index (χ2n) is 14.1. The van der Waals surface area contributed by atoms with E-state index in [1.54, 1.807) is 31.5 Å². The highest BCUT2D eigenvalue weighted by molar-refractivity contribution is 7.22. The van der Waals surface area contributed by atoms with Gasteiger partial charge in [-0.3, -0.25) is 4.90 Å². The summed E-state index contributed by atoms with van der Waals surface area (Å²) in [7, 11) is 1.59. The van der Waals surface area contributed by atoms with Crippen molar-refractivity contribution in [2.24, 2.45) is 0 Å². The van der Waals surface area contributed by atoms with Gasteiger partial charge in [-0.05, 0) is 83.1 Å². The number of aromatic nitrogens is 4. The van der Waals surface area contributed by atoms with Crippen molar-refractivity contribution in [3.8, 4) is 50.3 Å². The van der Waals surface area contributed by atoms with Crippen LogP contribution >= 0.6 is 22.9 Å². The van der Waals surface area contributed by atoms with Crippen molar-refractivity contribution in [2.75, 3.05) is 20.3 Å². The molecule has 0 saturated heterocycles. The maximum atomic E-state index is 14.2. The van der Waals surface area contributed by atoms with E-state index >= 15 is 0 Å². The maximum Gasteiger partial charge on any atom is 0.345 e. The minimum Gasteiger partial charge on any atom is -0.496 e. The molecule has 1 atom stereocenters. The van der Waals surface area contributed by atoms with Crippen molar-refractivity contribution in [1.82, 2.24) is 24.8 Å². The van der Waals surface area contributed by atoms with Gasteiger partial charge in [0, 0.05) is 54.3 Å². The van der Waals surface area contributed by atoms with Crippen LogP contribution in [0.3, 0.4) is 0 Å². The van der Waals surface area contributed by atoms with Crippen molar-refractivity contribution < 1.29 is 33.6 Å². The molecule has 2 aliphatic heterocycles. The Balaban J connectivity index is 1.23. The zero-order valence-electron chi connectivity index (χ0n) is 32.2. The van der Waals surface area contributed by atoms with E-state index in [-0.39, 0.29) is 31.3 Å². The summed E-state index contributed by atoms with van der Waals surface area (Å²) in [5.41, 5.74) is 6.77. The van der Waals surface area contributed by atoms with E-state index in [4.69, 9.17) is 30.8 Å². The van der Waals surface area contributed by atoms with E-state index in [1.165, 1.54) is 29.8 Å². The topological polar surface area (TPSA) is 140 Å². The number of rotatable bonds is 10. The molecule has 3 aromatic heterocycles. The Bertz CT molecular complexity index is 2660. The molecule has 300 valence electrons. The number of aliphatic carboxylic acids is 1. The van der Waals surface area contributed by atoms with Gasteiger partial charge in [0.05, 0.1) is 23.8 Å². The minimum atomic E-state index is -1.39. The number of aliphatic hydroxyl groups is 1. The van der Waals surface area contributed by atoms with Gasteiger partial charge >= 0.3 is 5.97 Å². The third kappa shape index (κ3) is 8.46. The fourth-order valence-electron chi connectivity index (χ4n) is 7.33. The Hall–Kier alpha value is -5.99. The van der Waals surface area contributed by atoms with E-state index in [1.807, 2.05) is 61.5 Å². The number of fused-ring (bicyclic) bond motifs is 6. The van der Waals surface area contributed by atoms with Gasteiger partial charge in [-0.15, -0.1) is 11.3 Å². The van der Waals surface area contributed by atoms with Gasteiger partial charge in [-0.1, -0.05) is 60.1 Å². The molecule has 59 heavy (non-hydrogen) atoms. The summed E-state index contributed by atoms with van der Waals surface area (Å²) in [6, 6.07) is 25.1. The van der Waals surface area contributed by atoms with Crippen molar-refractivity contribution in [1.29, 1.82) is 0 Å². The molecule has 4 aromatic carbocycles. The number of benzene rings is 4. The smallest absolute Gasteiger partial charge is 0.345 e. The second-order valence-corrected chi connectivity index (χ2v) is 15.5. The lowest BCUT2D eigenvalue weighted by Gasteiger charge is -2.25. The van der Waals surface area contributed by atoms with Crippen molar-refractivity contribution in [3.63, 3.8) is 0 Å². The largest absolute Gasteiger partial charge is 0.496 e. The quantitative estimate of drug-likeness (QED) is 0.137. The van der Waals surface area contributed by atoms with Gasteiger partial charge in [0.2, 0.25) is 12.0 Å². The molecule has 9 rings (SSSR count). The highest BCUT2D eigenvalue weighted by atomic mass is 35.5. The average molecular weight is 832 g/mol. The fraction of sp³-hybridized carbons (Fsp3) is 0.222. The molecular weight excluding hydrogens is 793 g/mol. The number of thiophene rings is 1. The van der Waals surface area contributed by atoms with E-state index in [2.05, 4.69) is 19.9 Å². The number of aliphatic hydroxyl groups excluding tert-OH is 1. The molecule has 2 N–H and O–H groups in total. The van der Waals surface area contributed by atoms with Gasteiger partial charge in [0.1, 0.15) is 35.1 Å². The highest BCUT2D eigenvalue weighted by Gasteiger charge is 2.29. The number of carboxylic acids is 1. The first-order chi connectivity index (χ1) is 28.7. The SMILES string of the molecule is COc1ccccc1-c1nccc(COc2ccc3cc2C[C@H](C(=O)O)Oc2ncnc4sc(-c5ccc(F)cc5)c(c24)-c2ccc(c(Cl)c2C)CN(CCCO)C3)n1. The van der Waals surface area contributed by atoms with Crippen LogP contribution in [0.4, 0.5) is 4.39 Å². The number of halogens is 2. The number of para-hydroxylation sites is 1. The van der Waals surface area contributed by atoms with Crippen LogP contribution in [0.15, 0.2) is 97.5 Å². The fourth-order valence-corrected chi connectivity index (χ4v) is 8.71. The van der Waals surface area contributed by atoms with E-state index in [0.29, 0.717) is 75.4 Å². The lowest BCUT2D eigenvalue weighted by Crippen LogP contribution is -2.30. The zero-order valence-corrected chi connectivity index (χ0v) is 33.8. The lowest BCUT2D eigenvalue weighted by atomic mass is 9.94. The van der Waals surface area contributed by atoms with Crippen LogP contribution in [0.5, 0.6) is 17.4 Å². The summed E-state index contributed by atoms with van der Waals surface area (Å²) in [4.78, 5) is 35.0. The first kappa shape index (κ1) is 39.8. The van der Waals surface area contributed by atoms with Crippen molar-refractivity contribution >= 4 is 39.1 Å². The Morgan fingerprint density at radius 2 is 1.81 bits per heavy atom. The predicted octanol–water partition coefficient (Wildman–Crippen LogP) is 8.94. The number of methoxy groups -OCH3 is 1. The molecule has 0 amide bonds. The number of nitrogens with zero attached hydrogens (tertiary/aromatic N) is 5. The van der Waals surface area contributed by atoms with Gasteiger partial charge in [-0.25, -0.2) is 29.1 Å². The summed E-state index contributed by atoms with van der Waals surface area (Å²) in [6.45, 7) is 3.57. The standard InChI is InChI=1S/C45H39ClFN5O6S/c1-26-33-14-11-29(40(26)46)23-52(18-5-19-53)22-27-8-15-35(57-24-32-16-17-48-42(51-32)34-6-3-4-7-36(34)56-2)30(20-27)21-37(45(54)55)58-43-39-38(33)41(59-44(39)50-25-49-43)28-9-12-31(47)13-10-28/h3-4,6-17,20,25,37,53H,5,18-19,21-24H2,1-2H3,(H,54,55)/t37-/m1/s1. The average Bonchev–Trinajstić information content (AvgIpc) is 3.64. The Labute approximate surface area is 348 Å². The number of ether oxygens (including phenoxy) is 3. The molecule has 5 heterocycles. The Morgan fingerprint density at radius 3 is 2.61 bits per heavy atom. The monoisotopic (exact) mass is 831 g/mol. The molecule has 14 heteroatoms. The predicted molar refractivity (Wildman–Crippen MR) is 224 cm³/mol. The molecule has 0 unspecified atom stereocenters. The molecule has 0 spiro atoms. The number of hydrogen-bond acceptors (Lipinski definition) is 11. The van der Waals surface area contributed by atoms with Crippen LogP contribution in [0, 0.1) is 12.7 Å². The second kappa shape index (κ2) is 17.5. The van der Waals surface area contributed by atoms with Gasteiger partial charge < -0.3 is 24.4 Å². The molecule has 2 aliphatic rings. The zero-order chi connectivity index (χ0) is 41.0. The molecule has 0 radical (unpaired) electrons. The van der Waals surface area contributed by atoms with Crippen molar-refractivity contribution in [3.05, 3.63) is 136 Å². The Kier molecular flexibility index (Phi) is 11.8. The van der Waals surface area contributed by atoms with Crippen molar-refractivity contribution in [2.45, 2.75) is 45.6 Å². The van der Waals surface area contributed by atoms with Crippen LogP contribution in [0.2, 0.25) is 5.02 Å². The first-order valence-corrected chi connectivity index (χ1v) is 20.1. The summed E-state index contributed by atoms with van der Waals surface area (Å²) in [5.74, 6) is 0.0923. The maximum absolute atomic E-state index is 14.2. The lowest BCUT2D eigenvalue weighted by molar-refractivity contribution is -0.145. The molecular formula is C45H39ClFN5O6S. The van der Waals surface area contributed by atoms with E-state index < -0.39 is 12.1 Å². The third-order valence-electron chi connectivity index (χ3n) is 10.2. The molecule has 0 aliphatic carbocycles. The summed E-state index contributed by atoms with van der Waals surface area (Å²) in [5, 5.41) is 21.6.